The highest BCUT2D eigenvalue weighted by Gasteiger charge is 2.15. The molecular weight excluding hydrogens is 306 g/mol. The monoisotopic (exact) mass is 319 g/mol. The zero-order valence-electron chi connectivity index (χ0n) is 10.5. The van der Waals surface area contributed by atoms with Gasteiger partial charge in [0.15, 0.2) is 5.78 Å². The molecule has 0 unspecified atom stereocenters. The van der Waals surface area contributed by atoms with Crippen LogP contribution in [0.4, 0.5) is 5.69 Å². The van der Waals surface area contributed by atoms with Crippen molar-refractivity contribution in [3.8, 4) is 5.75 Å². The van der Waals surface area contributed by atoms with Crippen LogP contribution in [-0.2, 0) is 0 Å². The van der Waals surface area contributed by atoms with Crippen LogP contribution in [0.25, 0.3) is 0 Å². The van der Waals surface area contributed by atoms with E-state index in [4.69, 9.17) is 10.5 Å². The Hall–Kier alpha value is -1.81. The van der Waals surface area contributed by atoms with Gasteiger partial charge in [-0.3, -0.25) is 4.79 Å². The third-order valence-electron chi connectivity index (χ3n) is 2.70. The average Bonchev–Trinajstić information content (AvgIpc) is 2.39. The fraction of sp³-hybridized carbons (Fsp3) is 0.133. The van der Waals surface area contributed by atoms with E-state index in [0.29, 0.717) is 27.9 Å². The first-order valence-electron chi connectivity index (χ1n) is 5.95. The lowest BCUT2D eigenvalue weighted by atomic mass is 10.0. The summed E-state index contributed by atoms with van der Waals surface area (Å²) in [5.41, 5.74) is 7.38. The normalized spacial score (nSPS) is 10.2. The Morgan fingerprint density at radius 1 is 1.21 bits per heavy atom. The van der Waals surface area contributed by atoms with Gasteiger partial charge in [0.1, 0.15) is 5.75 Å². The highest BCUT2D eigenvalue weighted by atomic mass is 79.9. The van der Waals surface area contributed by atoms with Crippen molar-refractivity contribution >= 4 is 27.4 Å². The lowest BCUT2D eigenvalue weighted by Crippen LogP contribution is -2.06. The molecule has 0 fully saturated rings. The molecule has 0 radical (unpaired) electrons. The number of hydrogen-bond donors (Lipinski definition) is 1. The van der Waals surface area contributed by atoms with Crippen molar-refractivity contribution in [1.82, 2.24) is 0 Å². The Kier molecular flexibility index (Phi) is 4.22. The Balaban J connectivity index is 2.37. The fourth-order valence-electron chi connectivity index (χ4n) is 1.79. The lowest BCUT2D eigenvalue weighted by Gasteiger charge is -2.09. The summed E-state index contributed by atoms with van der Waals surface area (Å²) in [6.07, 6.45) is 0. The van der Waals surface area contributed by atoms with Crippen LogP contribution in [0.3, 0.4) is 0 Å². The van der Waals surface area contributed by atoms with Crippen LogP contribution >= 0.6 is 15.9 Å². The summed E-state index contributed by atoms with van der Waals surface area (Å²) in [4.78, 5) is 12.4. The van der Waals surface area contributed by atoms with E-state index in [-0.39, 0.29) is 5.78 Å². The maximum atomic E-state index is 12.4. The van der Waals surface area contributed by atoms with Gasteiger partial charge in [0.2, 0.25) is 0 Å². The number of rotatable bonds is 4. The van der Waals surface area contributed by atoms with E-state index in [9.17, 15) is 4.79 Å². The van der Waals surface area contributed by atoms with Crippen molar-refractivity contribution < 1.29 is 9.53 Å². The molecule has 0 aliphatic carbocycles. The molecule has 0 heterocycles. The number of halogens is 1. The largest absolute Gasteiger partial charge is 0.494 e. The lowest BCUT2D eigenvalue weighted by molar-refractivity contribution is 0.103. The standard InChI is InChI=1S/C15H14BrNO2/c1-2-19-10-7-8-11(13(16)9-10)15(18)12-5-3-4-6-14(12)17/h3-9H,2,17H2,1H3. The van der Waals surface area contributed by atoms with Gasteiger partial charge in [-0.2, -0.15) is 0 Å². The average molecular weight is 320 g/mol. The van der Waals surface area contributed by atoms with E-state index < -0.39 is 0 Å². The zero-order chi connectivity index (χ0) is 13.8. The first kappa shape index (κ1) is 13.6. The first-order chi connectivity index (χ1) is 9.13. The van der Waals surface area contributed by atoms with E-state index in [0.717, 1.165) is 5.75 Å². The van der Waals surface area contributed by atoms with Gasteiger partial charge >= 0.3 is 0 Å². The van der Waals surface area contributed by atoms with Crippen LogP contribution in [0.5, 0.6) is 5.75 Å². The van der Waals surface area contributed by atoms with Gasteiger partial charge in [-0.15, -0.1) is 0 Å². The smallest absolute Gasteiger partial charge is 0.196 e. The number of nitrogens with two attached hydrogens (primary N) is 1. The molecular formula is C15H14BrNO2. The predicted molar refractivity (Wildman–Crippen MR) is 79.6 cm³/mol. The topological polar surface area (TPSA) is 52.3 Å². The summed E-state index contributed by atoms with van der Waals surface area (Å²) < 4.78 is 6.09. The van der Waals surface area contributed by atoms with Crippen molar-refractivity contribution in [3.05, 3.63) is 58.1 Å². The Morgan fingerprint density at radius 2 is 1.95 bits per heavy atom. The summed E-state index contributed by atoms with van der Waals surface area (Å²) in [5, 5.41) is 0. The van der Waals surface area contributed by atoms with Crippen LogP contribution in [-0.4, -0.2) is 12.4 Å². The minimum absolute atomic E-state index is 0.104. The van der Waals surface area contributed by atoms with Crippen LogP contribution in [0.15, 0.2) is 46.9 Å². The van der Waals surface area contributed by atoms with Crippen LogP contribution in [0, 0.1) is 0 Å². The van der Waals surface area contributed by atoms with Crippen molar-refractivity contribution in [2.45, 2.75) is 6.92 Å². The minimum atomic E-state index is -0.104. The van der Waals surface area contributed by atoms with Crippen LogP contribution in [0.2, 0.25) is 0 Å². The summed E-state index contributed by atoms with van der Waals surface area (Å²) in [6.45, 7) is 2.50. The minimum Gasteiger partial charge on any atom is -0.494 e. The maximum absolute atomic E-state index is 12.4. The summed E-state index contributed by atoms with van der Waals surface area (Å²) in [6, 6.07) is 12.3. The van der Waals surface area contributed by atoms with Crippen molar-refractivity contribution in [2.75, 3.05) is 12.3 Å². The van der Waals surface area contributed by atoms with Gasteiger partial charge in [-0.25, -0.2) is 0 Å². The molecule has 3 nitrogen and oxygen atoms in total. The van der Waals surface area contributed by atoms with E-state index in [1.807, 2.05) is 6.92 Å². The number of carbonyl (C=O) groups is 1. The number of ketones is 1. The molecule has 0 amide bonds. The molecule has 0 saturated carbocycles. The SMILES string of the molecule is CCOc1ccc(C(=O)c2ccccc2N)c(Br)c1. The fourth-order valence-corrected chi connectivity index (χ4v) is 2.32. The number of carbonyl (C=O) groups excluding carboxylic acids is 1. The predicted octanol–water partition coefficient (Wildman–Crippen LogP) is 3.66. The molecule has 19 heavy (non-hydrogen) atoms. The maximum Gasteiger partial charge on any atom is 0.196 e. The van der Waals surface area contributed by atoms with Gasteiger partial charge < -0.3 is 10.5 Å². The molecule has 0 aromatic heterocycles. The van der Waals surface area contributed by atoms with Gasteiger partial charge in [-0.05, 0) is 53.2 Å². The van der Waals surface area contributed by atoms with E-state index in [1.54, 1.807) is 42.5 Å². The molecule has 2 N–H and O–H groups in total. The van der Waals surface area contributed by atoms with E-state index >= 15 is 0 Å². The molecule has 2 rings (SSSR count). The molecule has 0 spiro atoms. The second-order valence-electron chi connectivity index (χ2n) is 3.99. The molecule has 4 heteroatoms. The summed E-state index contributed by atoms with van der Waals surface area (Å²) in [5.74, 6) is 0.625. The molecule has 0 bridgehead atoms. The zero-order valence-corrected chi connectivity index (χ0v) is 12.1. The van der Waals surface area contributed by atoms with Gasteiger partial charge in [0.25, 0.3) is 0 Å². The highest BCUT2D eigenvalue weighted by molar-refractivity contribution is 9.10. The van der Waals surface area contributed by atoms with E-state index in [1.165, 1.54) is 0 Å². The molecule has 98 valence electrons. The first-order valence-corrected chi connectivity index (χ1v) is 6.74. The Bertz CT molecular complexity index is 611. The van der Waals surface area contributed by atoms with Gasteiger partial charge in [0.05, 0.1) is 6.61 Å². The van der Waals surface area contributed by atoms with Crippen LogP contribution in [0.1, 0.15) is 22.8 Å². The molecule has 2 aromatic carbocycles. The van der Waals surface area contributed by atoms with Crippen molar-refractivity contribution in [3.63, 3.8) is 0 Å². The Labute approximate surface area is 120 Å². The number of benzene rings is 2. The third kappa shape index (κ3) is 2.96. The quantitative estimate of drug-likeness (QED) is 0.691. The van der Waals surface area contributed by atoms with Gasteiger partial charge in [0, 0.05) is 21.3 Å². The number of ether oxygens (including phenoxy) is 1. The third-order valence-corrected chi connectivity index (χ3v) is 3.36. The van der Waals surface area contributed by atoms with E-state index in [2.05, 4.69) is 15.9 Å². The molecule has 0 aliphatic heterocycles. The second kappa shape index (κ2) is 5.89. The number of anilines is 1. The molecule has 2 aromatic rings. The molecule has 0 saturated heterocycles. The van der Waals surface area contributed by atoms with Crippen molar-refractivity contribution in [1.29, 1.82) is 0 Å². The summed E-state index contributed by atoms with van der Waals surface area (Å²) >= 11 is 3.40. The molecule has 0 atom stereocenters. The number of para-hydroxylation sites is 1. The number of hydrogen-bond acceptors (Lipinski definition) is 3. The number of nitrogen functional groups attached to an aromatic ring is 1. The van der Waals surface area contributed by atoms with Gasteiger partial charge in [-0.1, -0.05) is 12.1 Å². The van der Waals surface area contributed by atoms with Crippen LogP contribution < -0.4 is 10.5 Å². The van der Waals surface area contributed by atoms with Crippen molar-refractivity contribution in [2.24, 2.45) is 0 Å². The highest BCUT2D eigenvalue weighted by Crippen LogP contribution is 2.26. The molecule has 0 aliphatic rings. The second-order valence-corrected chi connectivity index (χ2v) is 4.85. The summed E-state index contributed by atoms with van der Waals surface area (Å²) in [7, 11) is 0. The Morgan fingerprint density at radius 3 is 2.58 bits per heavy atom.